The Hall–Kier alpha value is -2.01. The highest BCUT2D eigenvalue weighted by molar-refractivity contribution is 5.60. The van der Waals surface area contributed by atoms with E-state index in [-0.39, 0.29) is 12.6 Å². The monoisotopic (exact) mass is 298 g/mol. The number of anilines is 1. The molecule has 0 saturated heterocycles. The summed E-state index contributed by atoms with van der Waals surface area (Å²) in [4.78, 5) is 13.5. The fraction of sp³-hybridized carbons (Fsp3) is 0.471. The number of aliphatic hydroxyl groups excluding tert-OH is 1. The van der Waals surface area contributed by atoms with Gasteiger partial charge in [-0.3, -0.25) is 4.98 Å². The lowest BCUT2D eigenvalue weighted by atomic mass is 10.1. The summed E-state index contributed by atoms with van der Waals surface area (Å²) in [5, 5.41) is 12.7. The van der Waals surface area contributed by atoms with Gasteiger partial charge >= 0.3 is 0 Å². The minimum Gasteiger partial charge on any atom is -0.396 e. The summed E-state index contributed by atoms with van der Waals surface area (Å²) in [5.74, 6) is 1.69. The summed E-state index contributed by atoms with van der Waals surface area (Å²) < 4.78 is 0. The molecule has 116 valence electrons. The van der Waals surface area contributed by atoms with Crippen molar-refractivity contribution in [2.45, 2.75) is 45.1 Å². The second kappa shape index (κ2) is 6.83. The van der Waals surface area contributed by atoms with Crippen LogP contribution in [0.5, 0.6) is 0 Å². The Morgan fingerprint density at radius 1 is 1.23 bits per heavy atom. The van der Waals surface area contributed by atoms with Crippen molar-refractivity contribution >= 4 is 5.82 Å². The molecule has 5 nitrogen and oxygen atoms in total. The molecule has 0 aromatic carbocycles. The topological polar surface area (TPSA) is 70.9 Å². The largest absolute Gasteiger partial charge is 0.396 e. The summed E-state index contributed by atoms with van der Waals surface area (Å²) in [5.41, 5.74) is 3.39. The standard InChI is InChI=1S/C17H22N4O/c1-2-13(8-11-22)19-17-14-4-3-5-15(14)20-16(21-17)12-6-9-18-10-7-12/h6-7,9-10,13,22H,2-5,8,11H2,1H3,(H,19,20,21). The Morgan fingerprint density at radius 2 is 2.05 bits per heavy atom. The van der Waals surface area contributed by atoms with Gasteiger partial charge in [0.25, 0.3) is 0 Å². The number of pyridine rings is 1. The quantitative estimate of drug-likeness (QED) is 0.857. The van der Waals surface area contributed by atoms with E-state index in [1.807, 2.05) is 12.1 Å². The first kappa shape index (κ1) is 14.9. The van der Waals surface area contributed by atoms with Gasteiger partial charge in [-0.2, -0.15) is 0 Å². The van der Waals surface area contributed by atoms with Crippen molar-refractivity contribution in [3.8, 4) is 11.4 Å². The van der Waals surface area contributed by atoms with Crippen molar-refractivity contribution in [3.05, 3.63) is 35.8 Å². The number of aliphatic hydroxyl groups is 1. The van der Waals surface area contributed by atoms with Gasteiger partial charge in [-0.05, 0) is 44.2 Å². The third-order valence-electron chi connectivity index (χ3n) is 4.18. The average molecular weight is 298 g/mol. The molecule has 0 bridgehead atoms. The van der Waals surface area contributed by atoms with Crippen LogP contribution in [0.1, 0.15) is 37.4 Å². The number of aromatic nitrogens is 3. The molecular weight excluding hydrogens is 276 g/mol. The predicted octanol–water partition coefficient (Wildman–Crippen LogP) is 2.60. The summed E-state index contributed by atoms with van der Waals surface area (Å²) in [7, 11) is 0. The Kier molecular flexibility index (Phi) is 4.63. The molecule has 5 heteroatoms. The van der Waals surface area contributed by atoms with Gasteiger partial charge in [0.05, 0.1) is 0 Å². The Morgan fingerprint density at radius 3 is 2.77 bits per heavy atom. The summed E-state index contributed by atoms with van der Waals surface area (Å²) >= 11 is 0. The fourth-order valence-corrected chi connectivity index (χ4v) is 2.91. The highest BCUT2D eigenvalue weighted by Crippen LogP contribution is 2.29. The molecular formula is C17H22N4O. The second-order valence-electron chi connectivity index (χ2n) is 5.67. The van der Waals surface area contributed by atoms with E-state index in [0.717, 1.165) is 55.0 Å². The molecule has 2 aromatic rings. The maximum absolute atomic E-state index is 9.19. The third kappa shape index (κ3) is 3.09. The summed E-state index contributed by atoms with van der Waals surface area (Å²) in [6.07, 6.45) is 8.41. The van der Waals surface area contributed by atoms with Gasteiger partial charge in [-0.25, -0.2) is 9.97 Å². The lowest BCUT2D eigenvalue weighted by Crippen LogP contribution is -2.22. The van der Waals surface area contributed by atoms with E-state index in [2.05, 4.69) is 17.2 Å². The number of aryl methyl sites for hydroxylation is 1. The van der Waals surface area contributed by atoms with E-state index in [9.17, 15) is 5.11 Å². The van der Waals surface area contributed by atoms with Gasteiger partial charge in [0, 0.05) is 41.9 Å². The van der Waals surface area contributed by atoms with Gasteiger partial charge in [0.1, 0.15) is 5.82 Å². The van der Waals surface area contributed by atoms with Crippen molar-refractivity contribution in [1.82, 2.24) is 15.0 Å². The number of fused-ring (bicyclic) bond motifs is 1. The average Bonchev–Trinajstić information content (AvgIpc) is 3.04. The van der Waals surface area contributed by atoms with Crippen LogP contribution in [-0.4, -0.2) is 32.7 Å². The molecule has 0 aliphatic heterocycles. The van der Waals surface area contributed by atoms with Gasteiger partial charge in [0.2, 0.25) is 0 Å². The Bertz CT molecular complexity index is 630. The van der Waals surface area contributed by atoms with Crippen LogP contribution in [0.15, 0.2) is 24.5 Å². The van der Waals surface area contributed by atoms with Crippen LogP contribution in [0.2, 0.25) is 0 Å². The molecule has 0 saturated carbocycles. The molecule has 1 atom stereocenters. The Balaban J connectivity index is 1.96. The highest BCUT2D eigenvalue weighted by atomic mass is 16.3. The van der Waals surface area contributed by atoms with Crippen molar-refractivity contribution in [1.29, 1.82) is 0 Å². The van der Waals surface area contributed by atoms with Crippen LogP contribution in [-0.2, 0) is 12.8 Å². The maximum Gasteiger partial charge on any atom is 0.161 e. The number of nitrogens with one attached hydrogen (secondary N) is 1. The molecule has 0 radical (unpaired) electrons. The lowest BCUT2D eigenvalue weighted by molar-refractivity contribution is 0.278. The van der Waals surface area contributed by atoms with Crippen LogP contribution >= 0.6 is 0 Å². The molecule has 2 heterocycles. The molecule has 2 aromatic heterocycles. The van der Waals surface area contributed by atoms with E-state index in [1.165, 1.54) is 5.56 Å². The van der Waals surface area contributed by atoms with E-state index in [4.69, 9.17) is 9.97 Å². The molecule has 0 amide bonds. The lowest BCUT2D eigenvalue weighted by Gasteiger charge is -2.19. The van der Waals surface area contributed by atoms with Crippen LogP contribution in [0.3, 0.4) is 0 Å². The van der Waals surface area contributed by atoms with Crippen LogP contribution in [0.25, 0.3) is 11.4 Å². The van der Waals surface area contributed by atoms with Crippen molar-refractivity contribution in [2.24, 2.45) is 0 Å². The van der Waals surface area contributed by atoms with E-state index < -0.39 is 0 Å². The van der Waals surface area contributed by atoms with Crippen molar-refractivity contribution in [2.75, 3.05) is 11.9 Å². The van der Waals surface area contributed by atoms with E-state index >= 15 is 0 Å². The first-order chi connectivity index (χ1) is 10.8. The minimum atomic E-state index is 0.190. The molecule has 1 aliphatic carbocycles. The molecule has 1 unspecified atom stereocenters. The molecule has 1 aliphatic rings. The number of rotatable bonds is 6. The van der Waals surface area contributed by atoms with Gasteiger partial charge in [-0.15, -0.1) is 0 Å². The zero-order chi connectivity index (χ0) is 15.4. The number of hydrogen-bond donors (Lipinski definition) is 2. The molecule has 2 N–H and O–H groups in total. The highest BCUT2D eigenvalue weighted by Gasteiger charge is 2.21. The zero-order valence-electron chi connectivity index (χ0n) is 12.9. The van der Waals surface area contributed by atoms with Gasteiger partial charge in [0.15, 0.2) is 5.82 Å². The SMILES string of the molecule is CCC(CCO)Nc1nc(-c2ccncc2)nc2c1CCC2. The molecule has 0 spiro atoms. The smallest absolute Gasteiger partial charge is 0.161 e. The first-order valence-corrected chi connectivity index (χ1v) is 7.99. The first-order valence-electron chi connectivity index (χ1n) is 7.99. The fourth-order valence-electron chi connectivity index (χ4n) is 2.91. The second-order valence-corrected chi connectivity index (χ2v) is 5.67. The van der Waals surface area contributed by atoms with E-state index in [0.29, 0.717) is 0 Å². The maximum atomic E-state index is 9.19. The van der Waals surface area contributed by atoms with Crippen molar-refractivity contribution in [3.63, 3.8) is 0 Å². The molecule has 22 heavy (non-hydrogen) atoms. The molecule has 0 fully saturated rings. The summed E-state index contributed by atoms with van der Waals surface area (Å²) in [6, 6.07) is 4.12. The zero-order valence-corrected chi connectivity index (χ0v) is 12.9. The van der Waals surface area contributed by atoms with E-state index in [1.54, 1.807) is 12.4 Å². The van der Waals surface area contributed by atoms with Crippen LogP contribution < -0.4 is 5.32 Å². The van der Waals surface area contributed by atoms with Crippen molar-refractivity contribution < 1.29 is 5.11 Å². The number of nitrogens with zero attached hydrogens (tertiary/aromatic N) is 3. The molecule has 3 rings (SSSR count). The van der Waals surface area contributed by atoms with Crippen LogP contribution in [0.4, 0.5) is 5.82 Å². The number of hydrogen-bond acceptors (Lipinski definition) is 5. The normalized spacial score (nSPS) is 14.6. The predicted molar refractivity (Wildman–Crippen MR) is 86.7 cm³/mol. The Labute approximate surface area is 130 Å². The third-order valence-corrected chi connectivity index (χ3v) is 4.18. The van der Waals surface area contributed by atoms with Crippen LogP contribution in [0, 0.1) is 0 Å². The summed E-state index contributed by atoms with van der Waals surface area (Å²) in [6.45, 7) is 2.31. The van der Waals surface area contributed by atoms with Gasteiger partial charge in [-0.1, -0.05) is 6.92 Å². The minimum absolute atomic E-state index is 0.190. The van der Waals surface area contributed by atoms with Gasteiger partial charge < -0.3 is 10.4 Å².